The Morgan fingerprint density at radius 1 is 1.47 bits per heavy atom. The zero-order chi connectivity index (χ0) is 13.8. The minimum atomic E-state index is -0.281. The quantitative estimate of drug-likeness (QED) is 0.616. The molecule has 0 spiro atoms. The second kappa shape index (κ2) is 5.07. The molecule has 0 saturated carbocycles. The molecule has 94 valence electrons. The molecule has 0 radical (unpaired) electrons. The van der Waals surface area contributed by atoms with Crippen molar-refractivity contribution in [3.05, 3.63) is 23.8 Å². The number of para-hydroxylation sites is 1. The summed E-state index contributed by atoms with van der Waals surface area (Å²) in [5.41, 5.74) is 4.43. The van der Waals surface area contributed by atoms with Crippen LogP contribution in [0.2, 0.25) is 0 Å². The summed E-state index contributed by atoms with van der Waals surface area (Å²) in [5, 5.41) is 23.6. The van der Waals surface area contributed by atoms with Crippen molar-refractivity contribution in [1.29, 1.82) is 10.5 Å². The van der Waals surface area contributed by atoms with E-state index < -0.39 is 0 Å². The summed E-state index contributed by atoms with van der Waals surface area (Å²) >= 11 is 0. The highest BCUT2D eigenvalue weighted by Gasteiger charge is 2.21. The second-order valence-corrected chi connectivity index (χ2v) is 3.92. The SMILES string of the molecule is CN1Cc2cccc(NN=C(C#N)C#N)c2NC1=O. The van der Waals surface area contributed by atoms with Gasteiger partial charge >= 0.3 is 6.03 Å². The molecule has 0 aliphatic carbocycles. The van der Waals surface area contributed by atoms with Gasteiger partial charge in [-0.1, -0.05) is 12.1 Å². The standard InChI is InChI=1S/C12H10N6O/c1-18-7-8-3-2-4-10(11(8)15-12(18)19)17-16-9(5-13)6-14/h2-4,17H,7H2,1H3,(H,15,19). The van der Waals surface area contributed by atoms with Crippen LogP contribution in [0.4, 0.5) is 16.2 Å². The number of carbonyl (C=O) groups is 1. The van der Waals surface area contributed by atoms with E-state index in [1.54, 1.807) is 36.2 Å². The molecule has 0 unspecified atom stereocenters. The zero-order valence-corrected chi connectivity index (χ0v) is 10.1. The Balaban J connectivity index is 2.32. The molecule has 0 fully saturated rings. The van der Waals surface area contributed by atoms with Gasteiger partial charge in [-0.2, -0.15) is 15.6 Å². The van der Waals surface area contributed by atoms with Crippen molar-refractivity contribution in [2.75, 3.05) is 17.8 Å². The van der Waals surface area contributed by atoms with Gasteiger partial charge in [-0.3, -0.25) is 5.43 Å². The van der Waals surface area contributed by atoms with Crippen LogP contribution in [-0.4, -0.2) is 23.7 Å². The Morgan fingerprint density at radius 3 is 2.89 bits per heavy atom. The molecule has 0 bridgehead atoms. The van der Waals surface area contributed by atoms with Gasteiger partial charge in [0.2, 0.25) is 5.71 Å². The first kappa shape index (κ1) is 12.4. The average molecular weight is 254 g/mol. The Hall–Kier alpha value is -3.06. The fourth-order valence-corrected chi connectivity index (χ4v) is 1.69. The Morgan fingerprint density at radius 2 is 2.21 bits per heavy atom. The molecule has 1 aromatic rings. The number of fused-ring (bicyclic) bond motifs is 1. The predicted octanol–water partition coefficient (Wildman–Crippen LogP) is 1.48. The van der Waals surface area contributed by atoms with Crippen molar-refractivity contribution < 1.29 is 4.79 Å². The van der Waals surface area contributed by atoms with Gasteiger partial charge in [0.15, 0.2) is 0 Å². The van der Waals surface area contributed by atoms with E-state index in [1.165, 1.54) is 0 Å². The van der Waals surface area contributed by atoms with Crippen LogP contribution >= 0.6 is 0 Å². The maximum Gasteiger partial charge on any atom is 0.321 e. The number of anilines is 2. The number of benzene rings is 1. The lowest BCUT2D eigenvalue weighted by molar-refractivity contribution is 0.218. The number of amides is 2. The summed E-state index contributed by atoms with van der Waals surface area (Å²) in [4.78, 5) is 13.2. The summed E-state index contributed by atoms with van der Waals surface area (Å²) in [5.74, 6) is 0. The first-order valence-electron chi connectivity index (χ1n) is 5.43. The van der Waals surface area contributed by atoms with Crippen LogP contribution in [0.1, 0.15) is 5.56 Å². The lowest BCUT2D eigenvalue weighted by Crippen LogP contribution is -2.35. The molecule has 1 aromatic carbocycles. The van der Waals surface area contributed by atoms with Crippen LogP contribution in [-0.2, 0) is 6.54 Å². The molecule has 2 rings (SSSR count). The number of rotatable bonds is 2. The van der Waals surface area contributed by atoms with Gasteiger partial charge < -0.3 is 10.2 Å². The van der Waals surface area contributed by atoms with Crippen LogP contribution < -0.4 is 10.7 Å². The van der Waals surface area contributed by atoms with E-state index in [1.807, 2.05) is 6.07 Å². The molecule has 0 saturated heterocycles. The Labute approximate surface area is 109 Å². The van der Waals surface area contributed by atoms with Crippen molar-refractivity contribution in [2.24, 2.45) is 5.10 Å². The lowest BCUT2D eigenvalue weighted by Gasteiger charge is -2.27. The molecule has 1 aliphatic heterocycles. The van der Waals surface area contributed by atoms with Gasteiger partial charge in [0, 0.05) is 13.6 Å². The molecule has 0 aromatic heterocycles. The van der Waals surface area contributed by atoms with Crippen LogP contribution in [0, 0.1) is 22.7 Å². The van der Waals surface area contributed by atoms with Crippen molar-refractivity contribution in [2.45, 2.75) is 6.54 Å². The molecular weight excluding hydrogens is 244 g/mol. The first-order valence-corrected chi connectivity index (χ1v) is 5.43. The van der Waals surface area contributed by atoms with E-state index in [0.717, 1.165) is 5.56 Å². The third-order valence-corrected chi connectivity index (χ3v) is 2.64. The van der Waals surface area contributed by atoms with Gasteiger partial charge in [-0.15, -0.1) is 0 Å². The molecule has 1 heterocycles. The molecule has 7 heteroatoms. The maximum atomic E-state index is 11.6. The topological polar surface area (TPSA) is 104 Å². The van der Waals surface area contributed by atoms with Gasteiger partial charge in [-0.25, -0.2) is 4.79 Å². The fourth-order valence-electron chi connectivity index (χ4n) is 1.69. The number of nitrogens with one attached hydrogen (secondary N) is 2. The minimum Gasteiger partial charge on any atom is -0.323 e. The lowest BCUT2D eigenvalue weighted by atomic mass is 10.1. The van der Waals surface area contributed by atoms with Crippen molar-refractivity contribution in [3.8, 4) is 12.1 Å². The number of hydrogen-bond donors (Lipinski definition) is 2. The minimum absolute atomic E-state index is 0.216. The second-order valence-electron chi connectivity index (χ2n) is 3.92. The molecule has 0 atom stereocenters. The molecular formula is C12H10N6O. The number of hydrogen-bond acceptors (Lipinski definition) is 5. The van der Waals surface area contributed by atoms with E-state index in [9.17, 15) is 4.79 Å². The van der Waals surface area contributed by atoms with E-state index in [4.69, 9.17) is 10.5 Å². The van der Waals surface area contributed by atoms with Crippen LogP contribution in [0.15, 0.2) is 23.3 Å². The van der Waals surface area contributed by atoms with Gasteiger partial charge in [0.1, 0.15) is 12.1 Å². The molecule has 2 amide bonds. The summed E-state index contributed by atoms with van der Waals surface area (Å²) in [6, 6.07) is 8.48. The molecule has 2 N–H and O–H groups in total. The molecule has 1 aliphatic rings. The van der Waals surface area contributed by atoms with Crippen molar-refractivity contribution in [3.63, 3.8) is 0 Å². The number of nitriles is 2. The monoisotopic (exact) mass is 254 g/mol. The summed E-state index contributed by atoms with van der Waals surface area (Å²) in [6.45, 7) is 0.490. The van der Waals surface area contributed by atoms with E-state index in [2.05, 4.69) is 15.8 Å². The summed E-state index contributed by atoms with van der Waals surface area (Å²) in [6.07, 6.45) is 0. The Bertz CT molecular complexity index is 621. The average Bonchev–Trinajstić information content (AvgIpc) is 2.41. The fraction of sp³-hybridized carbons (Fsp3) is 0.167. The third kappa shape index (κ3) is 2.45. The Kier molecular flexibility index (Phi) is 3.31. The van der Waals surface area contributed by atoms with Crippen LogP contribution in [0.3, 0.4) is 0 Å². The largest absolute Gasteiger partial charge is 0.323 e. The smallest absolute Gasteiger partial charge is 0.321 e. The highest BCUT2D eigenvalue weighted by atomic mass is 16.2. The third-order valence-electron chi connectivity index (χ3n) is 2.64. The first-order chi connectivity index (χ1) is 9.15. The van der Waals surface area contributed by atoms with Crippen LogP contribution in [0.25, 0.3) is 0 Å². The number of nitrogens with zero attached hydrogens (tertiary/aromatic N) is 4. The predicted molar refractivity (Wildman–Crippen MR) is 69.2 cm³/mol. The van der Waals surface area contributed by atoms with Crippen molar-refractivity contribution in [1.82, 2.24) is 4.90 Å². The summed E-state index contributed by atoms with van der Waals surface area (Å²) < 4.78 is 0. The van der Waals surface area contributed by atoms with E-state index in [0.29, 0.717) is 17.9 Å². The molecule has 19 heavy (non-hydrogen) atoms. The zero-order valence-electron chi connectivity index (χ0n) is 10.1. The summed E-state index contributed by atoms with van der Waals surface area (Å²) in [7, 11) is 1.69. The maximum absolute atomic E-state index is 11.6. The van der Waals surface area contributed by atoms with Gasteiger partial charge in [0.05, 0.1) is 11.4 Å². The number of carbonyl (C=O) groups excluding carboxylic acids is 1. The number of hydrazone groups is 1. The normalized spacial score (nSPS) is 12.6. The highest BCUT2D eigenvalue weighted by molar-refractivity contribution is 6.10. The van der Waals surface area contributed by atoms with Crippen molar-refractivity contribution >= 4 is 23.1 Å². The number of urea groups is 1. The van der Waals surface area contributed by atoms with Gasteiger partial charge in [0.25, 0.3) is 0 Å². The van der Waals surface area contributed by atoms with Gasteiger partial charge in [-0.05, 0) is 11.6 Å². The highest BCUT2D eigenvalue weighted by Crippen LogP contribution is 2.30. The van der Waals surface area contributed by atoms with Crippen LogP contribution in [0.5, 0.6) is 0 Å². The van der Waals surface area contributed by atoms with E-state index in [-0.39, 0.29) is 11.7 Å². The van der Waals surface area contributed by atoms with E-state index >= 15 is 0 Å². The molecule has 7 nitrogen and oxygen atoms in total.